The highest BCUT2D eigenvalue weighted by Gasteiger charge is 2.38. The number of hydrogen-bond donors (Lipinski definition) is 1. The molecule has 0 aromatic rings. The van der Waals surface area contributed by atoms with E-state index in [1.165, 1.54) is 4.31 Å². The van der Waals surface area contributed by atoms with E-state index in [9.17, 15) is 13.2 Å². The lowest BCUT2D eigenvalue weighted by Crippen LogP contribution is -2.37. The molecule has 100 valence electrons. The third kappa shape index (κ3) is 3.19. The third-order valence-electron chi connectivity index (χ3n) is 3.35. The molecule has 0 aliphatic carbocycles. The minimum atomic E-state index is -3.31. The highest BCUT2D eigenvalue weighted by Crippen LogP contribution is 2.25. The van der Waals surface area contributed by atoms with Gasteiger partial charge in [0.15, 0.2) is 0 Å². The van der Waals surface area contributed by atoms with Gasteiger partial charge >= 0.3 is 5.97 Å². The summed E-state index contributed by atoms with van der Waals surface area (Å²) in [6.07, 6.45) is 2.49. The van der Waals surface area contributed by atoms with Gasteiger partial charge in [0.2, 0.25) is 10.0 Å². The van der Waals surface area contributed by atoms with E-state index in [0.717, 1.165) is 6.42 Å². The second-order valence-electron chi connectivity index (χ2n) is 4.55. The van der Waals surface area contributed by atoms with Crippen LogP contribution in [0.2, 0.25) is 0 Å². The Bertz CT molecular complexity index is 366. The van der Waals surface area contributed by atoms with Crippen LogP contribution in [0.4, 0.5) is 0 Å². The average molecular weight is 263 g/mol. The monoisotopic (exact) mass is 263 g/mol. The molecule has 0 bridgehead atoms. The van der Waals surface area contributed by atoms with Crippen LogP contribution in [0.1, 0.15) is 39.5 Å². The number of aliphatic carboxylic acids is 1. The SMILES string of the molecule is CCCC(CC)S(=O)(=O)N1CCC(C(=O)O)C1. The Kier molecular flexibility index (Phi) is 4.94. The van der Waals surface area contributed by atoms with E-state index in [-0.39, 0.29) is 11.8 Å². The first kappa shape index (κ1) is 14.4. The molecule has 2 atom stereocenters. The number of sulfonamides is 1. The topological polar surface area (TPSA) is 74.7 Å². The molecule has 1 aliphatic rings. The van der Waals surface area contributed by atoms with Gasteiger partial charge in [0.25, 0.3) is 0 Å². The molecule has 1 saturated heterocycles. The van der Waals surface area contributed by atoms with Crippen LogP contribution in [0.3, 0.4) is 0 Å². The largest absolute Gasteiger partial charge is 0.481 e. The van der Waals surface area contributed by atoms with Gasteiger partial charge in [-0.2, -0.15) is 0 Å². The number of hydrogen-bond acceptors (Lipinski definition) is 3. The molecule has 6 heteroatoms. The van der Waals surface area contributed by atoms with Crippen molar-refractivity contribution < 1.29 is 18.3 Å². The maximum absolute atomic E-state index is 12.3. The summed E-state index contributed by atoms with van der Waals surface area (Å²) < 4.78 is 25.9. The fourth-order valence-corrected chi connectivity index (χ4v) is 4.38. The van der Waals surface area contributed by atoms with E-state index >= 15 is 0 Å². The van der Waals surface area contributed by atoms with Crippen LogP contribution in [0.15, 0.2) is 0 Å². The van der Waals surface area contributed by atoms with Crippen molar-refractivity contribution >= 4 is 16.0 Å². The normalized spacial score (nSPS) is 23.8. The molecular formula is C11H21NO4S. The minimum Gasteiger partial charge on any atom is -0.481 e. The zero-order valence-corrected chi connectivity index (χ0v) is 11.2. The van der Waals surface area contributed by atoms with Gasteiger partial charge in [0.1, 0.15) is 0 Å². The lowest BCUT2D eigenvalue weighted by molar-refractivity contribution is -0.141. The van der Waals surface area contributed by atoms with E-state index < -0.39 is 21.9 Å². The zero-order chi connectivity index (χ0) is 13.1. The zero-order valence-electron chi connectivity index (χ0n) is 10.4. The summed E-state index contributed by atoms with van der Waals surface area (Å²) >= 11 is 0. The minimum absolute atomic E-state index is 0.137. The van der Waals surface area contributed by atoms with Crippen molar-refractivity contribution in [1.29, 1.82) is 0 Å². The predicted molar refractivity (Wildman–Crippen MR) is 65.2 cm³/mol. The van der Waals surface area contributed by atoms with Crippen molar-refractivity contribution in [3.05, 3.63) is 0 Å². The molecule has 2 unspecified atom stereocenters. The first-order valence-electron chi connectivity index (χ1n) is 6.15. The van der Waals surface area contributed by atoms with Gasteiger partial charge < -0.3 is 5.11 Å². The molecule has 1 rings (SSSR count). The van der Waals surface area contributed by atoms with Crippen LogP contribution in [-0.2, 0) is 14.8 Å². The highest BCUT2D eigenvalue weighted by molar-refractivity contribution is 7.89. The maximum Gasteiger partial charge on any atom is 0.307 e. The molecule has 1 aliphatic heterocycles. The summed E-state index contributed by atoms with van der Waals surface area (Å²) in [6.45, 7) is 4.31. The summed E-state index contributed by atoms with van der Waals surface area (Å²) in [5.41, 5.74) is 0. The van der Waals surface area contributed by atoms with Gasteiger partial charge in [-0.05, 0) is 19.3 Å². The molecule has 5 nitrogen and oxygen atoms in total. The second-order valence-corrected chi connectivity index (χ2v) is 6.76. The lowest BCUT2D eigenvalue weighted by atomic mass is 10.1. The number of carboxylic acids is 1. The van der Waals surface area contributed by atoms with Crippen molar-refractivity contribution in [2.75, 3.05) is 13.1 Å². The van der Waals surface area contributed by atoms with Crippen molar-refractivity contribution in [3.63, 3.8) is 0 Å². The van der Waals surface area contributed by atoms with E-state index in [4.69, 9.17) is 5.11 Å². The van der Waals surface area contributed by atoms with E-state index in [2.05, 4.69) is 0 Å². The summed E-state index contributed by atoms with van der Waals surface area (Å²) in [4.78, 5) is 10.8. The van der Waals surface area contributed by atoms with Crippen molar-refractivity contribution in [2.24, 2.45) is 5.92 Å². The Hall–Kier alpha value is -0.620. The van der Waals surface area contributed by atoms with Crippen LogP contribution in [-0.4, -0.2) is 42.1 Å². The van der Waals surface area contributed by atoms with Gasteiger partial charge in [-0.15, -0.1) is 0 Å². The molecule has 1 N–H and O–H groups in total. The van der Waals surface area contributed by atoms with Crippen molar-refractivity contribution in [2.45, 2.75) is 44.8 Å². The molecule has 0 aromatic carbocycles. The molecule has 0 radical (unpaired) electrons. The first-order valence-corrected chi connectivity index (χ1v) is 7.65. The Morgan fingerprint density at radius 2 is 2.12 bits per heavy atom. The molecule has 1 fully saturated rings. The Morgan fingerprint density at radius 3 is 2.53 bits per heavy atom. The summed E-state index contributed by atoms with van der Waals surface area (Å²) in [6, 6.07) is 0. The number of carbonyl (C=O) groups is 1. The molecule has 1 heterocycles. The van der Waals surface area contributed by atoms with Crippen LogP contribution in [0.25, 0.3) is 0 Å². The number of nitrogens with zero attached hydrogens (tertiary/aromatic N) is 1. The smallest absolute Gasteiger partial charge is 0.307 e. The fourth-order valence-electron chi connectivity index (χ4n) is 2.26. The molecule has 0 aromatic heterocycles. The second kappa shape index (κ2) is 5.82. The lowest BCUT2D eigenvalue weighted by Gasteiger charge is -2.22. The Labute approximate surface area is 103 Å². The Morgan fingerprint density at radius 1 is 1.47 bits per heavy atom. The molecular weight excluding hydrogens is 242 g/mol. The van der Waals surface area contributed by atoms with Crippen LogP contribution in [0, 0.1) is 5.92 Å². The van der Waals surface area contributed by atoms with E-state index in [0.29, 0.717) is 25.8 Å². The molecule has 17 heavy (non-hydrogen) atoms. The summed E-state index contributed by atoms with van der Waals surface area (Å²) in [5.74, 6) is -1.44. The standard InChI is InChI=1S/C11H21NO4S/c1-3-5-10(4-2)17(15,16)12-7-6-9(8-12)11(13)14/h9-10H,3-8H2,1-2H3,(H,13,14). The van der Waals surface area contributed by atoms with Gasteiger partial charge in [-0.1, -0.05) is 20.3 Å². The van der Waals surface area contributed by atoms with Gasteiger partial charge in [-0.3, -0.25) is 4.79 Å². The fraction of sp³-hybridized carbons (Fsp3) is 0.909. The van der Waals surface area contributed by atoms with Crippen LogP contribution < -0.4 is 0 Å². The predicted octanol–water partition coefficient (Wildman–Crippen LogP) is 1.30. The van der Waals surface area contributed by atoms with E-state index in [1.807, 2.05) is 13.8 Å². The summed E-state index contributed by atoms with van der Waals surface area (Å²) in [5, 5.41) is 8.51. The molecule has 0 spiro atoms. The average Bonchev–Trinajstić information content (AvgIpc) is 2.75. The number of rotatable bonds is 6. The molecule has 0 saturated carbocycles. The van der Waals surface area contributed by atoms with Crippen LogP contribution in [0.5, 0.6) is 0 Å². The quantitative estimate of drug-likeness (QED) is 0.784. The molecule has 0 amide bonds. The first-order chi connectivity index (χ1) is 7.93. The van der Waals surface area contributed by atoms with Crippen LogP contribution >= 0.6 is 0 Å². The van der Waals surface area contributed by atoms with Crippen molar-refractivity contribution in [3.8, 4) is 0 Å². The van der Waals surface area contributed by atoms with Crippen molar-refractivity contribution in [1.82, 2.24) is 4.31 Å². The number of carboxylic acid groups (broad SMARTS) is 1. The van der Waals surface area contributed by atoms with Gasteiger partial charge in [0.05, 0.1) is 11.2 Å². The maximum atomic E-state index is 12.3. The third-order valence-corrected chi connectivity index (χ3v) is 5.81. The van der Waals surface area contributed by atoms with Gasteiger partial charge in [0, 0.05) is 13.1 Å². The Balaban J connectivity index is 2.75. The summed E-state index contributed by atoms with van der Waals surface area (Å²) in [7, 11) is -3.31. The van der Waals surface area contributed by atoms with E-state index in [1.54, 1.807) is 0 Å². The highest BCUT2D eigenvalue weighted by atomic mass is 32.2. The van der Waals surface area contributed by atoms with Gasteiger partial charge in [-0.25, -0.2) is 12.7 Å².